The number of methoxy groups -OCH3 is 2. The lowest BCUT2D eigenvalue weighted by Gasteiger charge is -2.15. The van der Waals surface area contributed by atoms with E-state index in [0.717, 1.165) is 5.56 Å². The average molecular weight is 369 g/mol. The molecular weight excluding hydrogens is 346 g/mol. The number of ether oxygens (including phenoxy) is 2. The molecule has 1 saturated heterocycles. The van der Waals surface area contributed by atoms with Gasteiger partial charge in [0, 0.05) is 22.9 Å². The highest BCUT2D eigenvalue weighted by molar-refractivity contribution is 5.98. The summed E-state index contributed by atoms with van der Waals surface area (Å²) in [4.78, 5) is 24.1. The number of hydrogen-bond donors (Lipinski definition) is 3. The van der Waals surface area contributed by atoms with Crippen molar-refractivity contribution in [2.75, 3.05) is 19.5 Å². The topological polar surface area (TPSA) is 88.7 Å². The van der Waals surface area contributed by atoms with Crippen molar-refractivity contribution in [3.63, 3.8) is 0 Å². The Hall–Kier alpha value is -2.90. The van der Waals surface area contributed by atoms with Crippen LogP contribution in [0.5, 0.6) is 11.5 Å². The fraction of sp³-hybridized carbons (Fsp3) is 0.300. The third-order valence-electron chi connectivity index (χ3n) is 4.57. The predicted octanol–water partition coefficient (Wildman–Crippen LogP) is 2.45. The number of anilines is 1. The highest BCUT2D eigenvalue weighted by Crippen LogP contribution is 2.33. The van der Waals surface area contributed by atoms with Crippen molar-refractivity contribution in [3.8, 4) is 11.5 Å². The van der Waals surface area contributed by atoms with Gasteiger partial charge in [-0.25, -0.2) is 10.9 Å². The Morgan fingerprint density at radius 1 is 1.07 bits per heavy atom. The molecule has 7 heteroatoms. The zero-order valence-electron chi connectivity index (χ0n) is 15.5. The Balaban J connectivity index is 1.68. The van der Waals surface area contributed by atoms with Gasteiger partial charge in [-0.15, -0.1) is 0 Å². The van der Waals surface area contributed by atoms with Crippen LogP contribution in [0.1, 0.15) is 35.3 Å². The van der Waals surface area contributed by atoms with Gasteiger partial charge in [-0.05, 0) is 31.5 Å². The second kappa shape index (κ2) is 8.20. The molecule has 2 aromatic carbocycles. The number of nitrogens with one attached hydrogen (secondary N) is 3. The minimum absolute atomic E-state index is 0.0431. The second-order valence-corrected chi connectivity index (χ2v) is 6.36. The van der Waals surface area contributed by atoms with Crippen molar-refractivity contribution < 1.29 is 19.1 Å². The first-order chi connectivity index (χ1) is 13.0. The number of ketones is 1. The molecule has 0 saturated carbocycles. The van der Waals surface area contributed by atoms with Crippen molar-refractivity contribution in [1.82, 2.24) is 10.9 Å². The van der Waals surface area contributed by atoms with Gasteiger partial charge < -0.3 is 14.8 Å². The summed E-state index contributed by atoms with van der Waals surface area (Å²) in [5.74, 6) is 1.20. The molecule has 0 bridgehead atoms. The minimum atomic E-state index is -0.414. The van der Waals surface area contributed by atoms with Crippen LogP contribution in [0.15, 0.2) is 42.5 Å². The lowest BCUT2D eigenvalue weighted by molar-refractivity contribution is -0.117. The first-order valence-electron chi connectivity index (χ1n) is 8.66. The van der Waals surface area contributed by atoms with Crippen LogP contribution in [-0.4, -0.2) is 32.0 Å². The van der Waals surface area contributed by atoms with E-state index in [1.54, 1.807) is 38.5 Å². The molecule has 0 aromatic heterocycles. The van der Waals surface area contributed by atoms with Crippen molar-refractivity contribution in [3.05, 3.63) is 53.6 Å². The number of carbonyl (C=O) groups is 2. The third kappa shape index (κ3) is 4.27. The number of benzene rings is 2. The first-order valence-corrected chi connectivity index (χ1v) is 8.66. The normalized spacial score (nSPS) is 18.8. The van der Waals surface area contributed by atoms with Gasteiger partial charge in [-0.2, -0.15) is 0 Å². The fourth-order valence-corrected chi connectivity index (χ4v) is 3.08. The van der Waals surface area contributed by atoms with Crippen LogP contribution in [0, 0.1) is 0 Å². The van der Waals surface area contributed by atoms with Crippen molar-refractivity contribution in [2.45, 2.75) is 25.4 Å². The summed E-state index contributed by atoms with van der Waals surface area (Å²) in [6.07, 6.45) is 0.556. The SMILES string of the molecule is COc1ccc(C2CC(C(=O)Nc3cccc(C(C)=O)c3)NN2)c(OC)c1. The Kier molecular flexibility index (Phi) is 5.73. The van der Waals surface area contributed by atoms with Crippen LogP contribution in [0.4, 0.5) is 5.69 Å². The van der Waals surface area contributed by atoms with E-state index in [-0.39, 0.29) is 17.7 Å². The molecule has 1 fully saturated rings. The average Bonchev–Trinajstić information content (AvgIpc) is 3.17. The largest absolute Gasteiger partial charge is 0.497 e. The maximum atomic E-state index is 12.6. The number of hydrogen-bond acceptors (Lipinski definition) is 6. The van der Waals surface area contributed by atoms with Crippen molar-refractivity contribution >= 4 is 17.4 Å². The molecule has 1 aliphatic heterocycles. The summed E-state index contributed by atoms with van der Waals surface area (Å²) in [5.41, 5.74) is 8.28. The molecule has 2 aromatic rings. The van der Waals surface area contributed by atoms with Gasteiger partial charge in [-0.3, -0.25) is 9.59 Å². The molecule has 142 valence electrons. The van der Waals surface area contributed by atoms with Gasteiger partial charge in [0.05, 0.1) is 20.3 Å². The minimum Gasteiger partial charge on any atom is -0.497 e. The summed E-state index contributed by atoms with van der Waals surface area (Å²) >= 11 is 0. The zero-order chi connectivity index (χ0) is 19.4. The molecule has 0 radical (unpaired) electrons. The third-order valence-corrected chi connectivity index (χ3v) is 4.57. The molecule has 7 nitrogen and oxygen atoms in total. The van der Waals surface area contributed by atoms with Crippen molar-refractivity contribution in [1.29, 1.82) is 0 Å². The molecular formula is C20H23N3O4. The van der Waals surface area contributed by atoms with E-state index in [9.17, 15) is 9.59 Å². The molecule has 1 heterocycles. The standard InChI is InChI=1S/C20H23N3O4/c1-12(24)13-5-4-6-14(9-13)21-20(25)18-11-17(22-23-18)16-8-7-15(26-2)10-19(16)27-3/h4-10,17-18,22-23H,11H2,1-3H3,(H,21,25). The van der Waals surface area contributed by atoms with E-state index in [4.69, 9.17) is 9.47 Å². The number of Topliss-reactive ketones (excluding diaryl/α,β-unsaturated/α-hetero) is 1. The number of carbonyl (C=O) groups excluding carboxylic acids is 2. The van der Waals surface area contributed by atoms with E-state index in [0.29, 0.717) is 29.2 Å². The van der Waals surface area contributed by atoms with Gasteiger partial charge in [0.25, 0.3) is 0 Å². The van der Waals surface area contributed by atoms with E-state index in [1.165, 1.54) is 6.92 Å². The second-order valence-electron chi connectivity index (χ2n) is 6.36. The Bertz CT molecular complexity index is 853. The lowest BCUT2D eigenvalue weighted by Crippen LogP contribution is -2.39. The summed E-state index contributed by atoms with van der Waals surface area (Å²) in [6.45, 7) is 1.50. The zero-order valence-corrected chi connectivity index (χ0v) is 15.5. The predicted molar refractivity (Wildman–Crippen MR) is 102 cm³/mol. The lowest BCUT2D eigenvalue weighted by atomic mass is 10.0. The molecule has 3 N–H and O–H groups in total. The highest BCUT2D eigenvalue weighted by atomic mass is 16.5. The number of rotatable bonds is 6. The summed E-state index contributed by atoms with van der Waals surface area (Å²) in [6, 6.07) is 12.0. The van der Waals surface area contributed by atoms with Crippen LogP contribution in [-0.2, 0) is 4.79 Å². The van der Waals surface area contributed by atoms with Crippen LogP contribution >= 0.6 is 0 Å². The van der Waals surface area contributed by atoms with Crippen LogP contribution < -0.4 is 25.6 Å². The number of amides is 1. The van der Waals surface area contributed by atoms with Gasteiger partial charge in [0.1, 0.15) is 17.5 Å². The molecule has 2 unspecified atom stereocenters. The monoisotopic (exact) mass is 369 g/mol. The van der Waals surface area contributed by atoms with Gasteiger partial charge in [0.15, 0.2) is 5.78 Å². The van der Waals surface area contributed by atoms with E-state index in [2.05, 4.69) is 16.2 Å². The number of hydrazine groups is 1. The van der Waals surface area contributed by atoms with Gasteiger partial charge >= 0.3 is 0 Å². The molecule has 0 aliphatic carbocycles. The maximum Gasteiger partial charge on any atom is 0.242 e. The molecule has 3 rings (SSSR count). The molecule has 1 aliphatic rings. The summed E-state index contributed by atoms with van der Waals surface area (Å²) < 4.78 is 10.7. The summed E-state index contributed by atoms with van der Waals surface area (Å²) in [7, 11) is 3.21. The molecule has 0 spiro atoms. The molecule has 27 heavy (non-hydrogen) atoms. The van der Waals surface area contributed by atoms with E-state index in [1.807, 2.05) is 18.2 Å². The first kappa shape index (κ1) is 18.9. The van der Waals surface area contributed by atoms with Crippen LogP contribution in [0.2, 0.25) is 0 Å². The highest BCUT2D eigenvalue weighted by Gasteiger charge is 2.31. The molecule has 2 atom stereocenters. The van der Waals surface area contributed by atoms with E-state index >= 15 is 0 Å². The van der Waals surface area contributed by atoms with Gasteiger partial charge in [-0.1, -0.05) is 18.2 Å². The smallest absolute Gasteiger partial charge is 0.242 e. The Labute approximate surface area is 158 Å². The summed E-state index contributed by atoms with van der Waals surface area (Å²) in [5, 5.41) is 2.85. The van der Waals surface area contributed by atoms with E-state index < -0.39 is 6.04 Å². The Morgan fingerprint density at radius 3 is 2.59 bits per heavy atom. The quantitative estimate of drug-likeness (QED) is 0.678. The molecule has 1 amide bonds. The van der Waals surface area contributed by atoms with Crippen LogP contribution in [0.3, 0.4) is 0 Å². The maximum absolute atomic E-state index is 12.6. The van der Waals surface area contributed by atoms with Crippen molar-refractivity contribution in [2.24, 2.45) is 0 Å². The fourth-order valence-electron chi connectivity index (χ4n) is 3.08. The van der Waals surface area contributed by atoms with Crippen LogP contribution in [0.25, 0.3) is 0 Å². The Morgan fingerprint density at radius 2 is 1.89 bits per heavy atom. The van der Waals surface area contributed by atoms with Gasteiger partial charge in [0.2, 0.25) is 5.91 Å².